The maximum atomic E-state index is 12.2. The van der Waals surface area contributed by atoms with Crippen LogP contribution in [0.15, 0.2) is 23.1 Å². The summed E-state index contributed by atoms with van der Waals surface area (Å²) in [5, 5.41) is 0. The highest BCUT2D eigenvalue weighted by Gasteiger charge is 2.22. The number of nitrogens with two attached hydrogens (primary N) is 1. The number of carbonyl (C=O) groups excluding carboxylic acids is 1. The van der Waals surface area contributed by atoms with Crippen LogP contribution in [0.3, 0.4) is 0 Å². The van der Waals surface area contributed by atoms with E-state index in [0.29, 0.717) is 18.2 Å². The van der Waals surface area contributed by atoms with Gasteiger partial charge in [-0.15, -0.1) is 0 Å². The number of rotatable bonds is 5. The summed E-state index contributed by atoms with van der Waals surface area (Å²) in [4.78, 5) is 25.7. The number of pyridine rings is 1. The zero-order valence-corrected chi connectivity index (χ0v) is 11.3. The van der Waals surface area contributed by atoms with Crippen LogP contribution < -0.4 is 11.3 Å². The highest BCUT2D eigenvalue weighted by Crippen LogP contribution is 2.27. The molecule has 1 fully saturated rings. The summed E-state index contributed by atoms with van der Waals surface area (Å²) in [5.74, 6) is 0.628. The van der Waals surface area contributed by atoms with Gasteiger partial charge in [0, 0.05) is 31.0 Å². The molecule has 0 spiro atoms. The van der Waals surface area contributed by atoms with Gasteiger partial charge >= 0.3 is 0 Å². The van der Waals surface area contributed by atoms with Crippen LogP contribution in [0.4, 0.5) is 5.69 Å². The molecule has 0 radical (unpaired) electrons. The third kappa shape index (κ3) is 3.36. The fraction of sp³-hybridized carbons (Fsp3) is 0.571. The molecule has 1 aromatic rings. The highest BCUT2D eigenvalue weighted by atomic mass is 16.2. The molecule has 0 saturated heterocycles. The van der Waals surface area contributed by atoms with Gasteiger partial charge in [0.2, 0.25) is 5.91 Å². The Morgan fingerprint density at radius 2 is 2.21 bits per heavy atom. The van der Waals surface area contributed by atoms with E-state index in [-0.39, 0.29) is 18.0 Å². The maximum Gasteiger partial charge on any atom is 0.251 e. The highest BCUT2D eigenvalue weighted by molar-refractivity contribution is 5.76. The molecule has 1 amide bonds. The van der Waals surface area contributed by atoms with E-state index in [2.05, 4.69) is 0 Å². The van der Waals surface area contributed by atoms with E-state index in [1.54, 1.807) is 6.07 Å². The monoisotopic (exact) mass is 263 g/mol. The average Bonchev–Trinajstić information content (AvgIpc) is 2.32. The molecule has 0 aromatic carbocycles. The standard InChI is InChI=1S/C14H21N3O2/c1-2-16(8-11-4-3-5-11)14(19)10-17-9-12(15)6-7-13(17)18/h6-7,9,11H,2-5,8,10,15H2,1H3. The molecule has 2 rings (SSSR count). The second-order valence-electron chi connectivity index (χ2n) is 5.16. The van der Waals surface area contributed by atoms with Gasteiger partial charge in [0.05, 0.1) is 0 Å². The number of nitrogens with zero attached hydrogens (tertiary/aromatic N) is 2. The SMILES string of the molecule is CCN(CC1CCC1)C(=O)Cn1cc(N)ccc1=O. The molecule has 5 nitrogen and oxygen atoms in total. The van der Waals surface area contributed by atoms with E-state index in [4.69, 9.17) is 5.73 Å². The average molecular weight is 263 g/mol. The quantitative estimate of drug-likeness (QED) is 0.864. The second kappa shape index (κ2) is 5.91. The summed E-state index contributed by atoms with van der Waals surface area (Å²) in [6, 6.07) is 2.94. The number of hydrogen-bond acceptors (Lipinski definition) is 3. The van der Waals surface area contributed by atoms with E-state index in [1.807, 2.05) is 11.8 Å². The summed E-state index contributed by atoms with van der Waals surface area (Å²) in [5.41, 5.74) is 5.94. The minimum atomic E-state index is -0.192. The molecule has 1 heterocycles. The van der Waals surface area contributed by atoms with Gasteiger partial charge in [0.25, 0.3) is 5.56 Å². The van der Waals surface area contributed by atoms with Gasteiger partial charge in [-0.3, -0.25) is 9.59 Å². The second-order valence-corrected chi connectivity index (χ2v) is 5.16. The molecular weight excluding hydrogens is 242 g/mol. The van der Waals surface area contributed by atoms with Gasteiger partial charge in [0.15, 0.2) is 0 Å². The van der Waals surface area contributed by atoms with E-state index in [1.165, 1.54) is 36.1 Å². The van der Waals surface area contributed by atoms with Crippen LogP contribution >= 0.6 is 0 Å². The molecule has 0 atom stereocenters. The summed E-state index contributed by atoms with van der Waals surface area (Å²) in [6.07, 6.45) is 5.21. The first kappa shape index (κ1) is 13.6. The number of amides is 1. The molecule has 1 saturated carbocycles. The van der Waals surface area contributed by atoms with Gasteiger partial charge in [-0.1, -0.05) is 6.42 Å². The number of anilines is 1. The lowest BCUT2D eigenvalue weighted by Gasteiger charge is -2.32. The van der Waals surface area contributed by atoms with Crippen molar-refractivity contribution in [3.63, 3.8) is 0 Å². The number of hydrogen-bond donors (Lipinski definition) is 1. The van der Waals surface area contributed by atoms with Crippen LogP contribution in [0.5, 0.6) is 0 Å². The van der Waals surface area contributed by atoms with Crippen LogP contribution in [0.25, 0.3) is 0 Å². The lowest BCUT2D eigenvalue weighted by Crippen LogP contribution is -2.40. The van der Waals surface area contributed by atoms with Crippen LogP contribution in [0.1, 0.15) is 26.2 Å². The van der Waals surface area contributed by atoms with E-state index in [0.717, 1.165) is 6.54 Å². The molecule has 19 heavy (non-hydrogen) atoms. The fourth-order valence-electron chi connectivity index (χ4n) is 2.31. The van der Waals surface area contributed by atoms with E-state index < -0.39 is 0 Å². The maximum absolute atomic E-state index is 12.2. The summed E-state index contributed by atoms with van der Waals surface area (Å²) in [7, 11) is 0. The van der Waals surface area contributed by atoms with Crippen molar-refractivity contribution in [1.29, 1.82) is 0 Å². The number of carbonyl (C=O) groups is 1. The largest absolute Gasteiger partial charge is 0.398 e. The van der Waals surface area contributed by atoms with Gasteiger partial charge in [0.1, 0.15) is 6.54 Å². The van der Waals surface area contributed by atoms with Crippen LogP contribution in [0, 0.1) is 5.92 Å². The van der Waals surface area contributed by atoms with E-state index in [9.17, 15) is 9.59 Å². The normalized spacial score (nSPS) is 15.0. The smallest absolute Gasteiger partial charge is 0.251 e. The van der Waals surface area contributed by atoms with Crippen molar-refractivity contribution in [2.24, 2.45) is 5.92 Å². The lowest BCUT2D eigenvalue weighted by molar-refractivity contribution is -0.132. The zero-order chi connectivity index (χ0) is 13.8. The first-order valence-corrected chi connectivity index (χ1v) is 6.84. The Morgan fingerprint density at radius 1 is 1.47 bits per heavy atom. The summed E-state index contributed by atoms with van der Waals surface area (Å²) < 4.78 is 1.38. The van der Waals surface area contributed by atoms with Crippen molar-refractivity contribution < 1.29 is 4.79 Å². The first-order valence-electron chi connectivity index (χ1n) is 6.84. The van der Waals surface area contributed by atoms with Crippen LogP contribution in [-0.4, -0.2) is 28.5 Å². The van der Waals surface area contributed by atoms with Crippen molar-refractivity contribution in [2.45, 2.75) is 32.7 Å². The number of likely N-dealkylation sites (N-methyl/N-ethyl adjacent to an activating group) is 1. The van der Waals surface area contributed by atoms with E-state index >= 15 is 0 Å². The Hall–Kier alpha value is -1.78. The molecular formula is C14H21N3O2. The predicted octanol–water partition coefficient (Wildman–Crippen LogP) is 1.08. The first-order chi connectivity index (χ1) is 9.10. The Balaban J connectivity index is 2.01. The Labute approximate surface area is 113 Å². The fourth-order valence-corrected chi connectivity index (χ4v) is 2.31. The van der Waals surface area contributed by atoms with Crippen molar-refractivity contribution in [3.05, 3.63) is 28.7 Å². The summed E-state index contributed by atoms with van der Waals surface area (Å²) >= 11 is 0. The van der Waals surface area contributed by atoms with Gasteiger partial charge < -0.3 is 15.2 Å². The van der Waals surface area contributed by atoms with Gasteiger partial charge in [-0.25, -0.2) is 0 Å². The van der Waals surface area contributed by atoms with Crippen LogP contribution in [-0.2, 0) is 11.3 Å². The Kier molecular flexibility index (Phi) is 4.24. The summed E-state index contributed by atoms with van der Waals surface area (Å²) in [6.45, 7) is 3.54. The minimum Gasteiger partial charge on any atom is -0.398 e. The Bertz CT molecular complexity index is 506. The lowest BCUT2D eigenvalue weighted by atomic mass is 9.85. The third-order valence-corrected chi connectivity index (χ3v) is 3.75. The molecule has 1 aromatic heterocycles. The number of aromatic nitrogens is 1. The molecule has 104 valence electrons. The zero-order valence-electron chi connectivity index (χ0n) is 11.3. The molecule has 0 unspecified atom stereocenters. The molecule has 0 bridgehead atoms. The predicted molar refractivity (Wildman–Crippen MR) is 74.7 cm³/mol. The van der Waals surface area contributed by atoms with Crippen molar-refractivity contribution in [3.8, 4) is 0 Å². The molecule has 1 aliphatic carbocycles. The van der Waals surface area contributed by atoms with Gasteiger partial charge in [-0.05, 0) is 31.7 Å². The van der Waals surface area contributed by atoms with Crippen molar-refractivity contribution >= 4 is 11.6 Å². The molecule has 1 aliphatic rings. The third-order valence-electron chi connectivity index (χ3n) is 3.75. The topological polar surface area (TPSA) is 68.3 Å². The minimum absolute atomic E-state index is 0.0119. The van der Waals surface area contributed by atoms with Gasteiger partial charge in [-0.2, -0.15) is 0 Å². The number of nitrogen functional groups attached to an aromatic ring is 1. The van der Waals surface area contributed by atoms with Crippen LogP contribution in [0.2, 0.25) is 0 Å². The molecule has 5 heteroatoms. The Morgan fingerprint density at radius 3 is 2.79 bits per heavy atom. The molecule has 0 aliphatic heterocycles. The van der Waals surface area contributed by atoms with Crippen molar-refractivity contribution in [1.82, 2.24) is 9.47 Å². The van der Waals surface area contributed by atoms with Crippen molar-refractivity contribution in [2.75, 3.05) is 18.8 Å². The molecule has 2 N–H and O–H groups in total.